The van der Waals surface area contributed by atoms with E-state index >= 15 is 0 Å². The summed E-state index contributed by atoms with van der Waals surface area (Å²) in [5, 5.41) is 1.10. The summed E-state index contributed by atoms with van der Waals surface area (Å²) >= 11 is 0. The zero-order valence-corrected chi connectivity index (χ0v) is 12.3. The summed E-state index contributed by atoms with van der Waals surface area (Å²) in [5.74, 6) is 0. The van der Waals surface area contributed by atoms with Crippen molar-refractivity contribution in [2.45, 2.75) is 53.5 Å². The van der Waals surface area contributed by atoms with Crippen LogP contribution in [0.4, 0.5) is 0 Å². The Morgan fingerprint density at radius 2 is 1.84 bits per heavy atom. The Labute approximate surface area is 114 Å². The topological polar surface area (TPSA) is 34.9 Å². The summed E-state index contributed by atoms with van der Waals surface area (Å²) in [7, 11) is 0. The van der Waals surface area contributed by atoms with Gasteiger partial charge in [-0.15, -0.1) is 0 Å². The molecule has 3 nitrogen and oxygen atoms in total. The van der Waals surface area contributed by atoms with E-state index in [4.69, 9.17) is 0 Å². The molecule has 0 radical (unpaired) electrons. The molecule has 0 spiro atoms. The van der Waals surface area contributed by atoms with Crippen LogP contribution in [-0.2, 0) is 6.54 Å². The minimum Gasteiger partial charge on any atom is -0.293 e. The van der Waals surface area contributed by atoms with Crippen LogP contribution in [0.3, 0.4) is 0 Å². The second-order valence-electron chi connectivity index (χ2n) is 5.21. The van der Waals surface area contributed by atoms with Crippen molar-refractivity contribution in [3.8, 4) is 0 Å². The summed E-state index contributed by atoms with van der Waals surface area (Å²) in [4.78, 5) is 16.7. The molecule has 2 rings (SSSR count). The van der Waals surface area contributed by atoms with Gasteiger partial charge in [0, 0.05) is 23.7 Å². The fraction of sp³-hybridized carbons (Fsp3) is 0.500. The fourth-order valence-electron chi connectivity index (χ4n) is 2.43. The maximum absolute atomic E-state index is 12.1. The number of hydrogen-bond acceptors (Lipinski definition) is 2. The average Bonchev–Trinajstić information content (AvgIpc) is 2.39. The number of pyridine rings is 2. The van der Waals surface area contributed by atoms with E-state index in [9.17, 15) is 4.79 Å². The van der Waals surface area contributed by atoms with Gasteiger partial charge >= 0.3 is 0 Å². The molecule has 0 aromatic carbocycles. The van der Waals surface area contributed by atoms with E-state index < -0.39 is 0 Å². The maximum atomic E-state index is 12.1. The van der Waals surface area contributed by atoms with Gasteiger partial charge in [-0.3, -0.25) is 9.36 Å². The number of hydrogen-bond donors (Lipinski definition) is 0. The summed E-state index contributed by atoms with van der Waals surface area (Å²) in [6, 6.07) is 3.57. The second-order valence-corrected chi connectivity index (χ2v) is 5.21. The van der Waals surface area contributed by atoms with Crippen molar-refractivity contribution in [2.75, 3.05) is 0 Å². The number of unbranched alkanes of at least 4 members (excludes halogenated alkanes) is 2. The highest BCUT2D eigenvalue weighted by molar-refractivity contribution is 5.80. The highest BCUT2D eigenvalue weighted by Gasteiger charge is 2.10. The summed E-state index contributed by atoms with van der Waals surface area (Å²) < 4.78 is 1.82. The van der Waals surface area contributed by atoms with E-state index in [1.54, 1.807) is 6.07 Å². The number of aryl methyl sites for hydroxylation is 3. The standard InChI is InChI=1S/C16H22N2O/c1-5-6-7-10-18-15(19)9-8-14-12(3)11(2)13(4)17-16(14)18/h8-9H,5-7,10H2,1-4H3. The summed E-state index contributed by atoms with van der Waals surface area (Å²) in [6.07, 6.45) is 3.33. The lowest BCUT2D eigenvalue weighted by Gasteiger charge is -2.13. The SMILES string of the molecule is CCCCCn1c(=O)ccc2c(C)c(C)c(C)nc21. The highest BCUT2D eigenvalue weighted by Crippen LogP contribution is 2.20. The minimum absolute atomic E-state index is 0.0544. The molecule has 0 aliphatic carbocycles. The predicted octanol–water partition coefficient (Wildman–Crippen LogP) is 3.51. The number of rotatable bonds is 4. The molecule has 0 N–H and O–H groups in total. The molecule has 2 aromatic rings. The van der Waals surface area contributed by atoms with Crippen LogP contribution >= 0.6 is 0 Å². The number of nitrogens with zero attached hydrogens (tertiary/aromatic N) is 2. The Kier molecular flexibility index (Phi) is 4.03. The third-order valence-corrected chi connectivity index (χ3v) is 3.92. The lowest BCUT2D eigenvalue weighted by molar-refractivity contribution is 0.598. The van der Waals surface area contributed by atoms with Gasteiger partial charge < -0.3 is 0 Å². The average molecular weight is 258 g/mol. The lowest BCUT2D eigenvalue weighted by atomic mass is 10.1. The highest BCUT2D eigenvalue weighted by atomic mass is 16.1. The molecule has 3 heteroatoms. The number of aromatic nitrogens is 2. The van der Waals surface area contributed by atoms with Crippen molar-refractivity contribution >= 4 is 11.0 Å². The Morgan fingerprint density at radius 3 is 2.53 bits per heavy atom. The molecule has 0 amide bonds. The van der Waals surface area contributed by atoms with Crippen molar-refractivity contribution in [3.05, 3.63) is 39.3 Å². The Balaban J connectivity index is 2.62. The van der Waals surface area contributed by atoms with Crippen molar-refractivity contribution in [3.63, 3.8) is 0 Å². The zero-order chi connectivity index (χ0) is 14.0. The van der Waals surface area contributed by atoms with Crippen molar-refractivity contribution < 1.29 is 0 Å². The van der Waals surface area contributed by atoms with Crippen LogP contribution in [0.5, 0.6) is 0 Å². The predicted molar refractivity (Wildman–Crippen MR) is 79.7 cm³/mol. The molecule has 0 unspecified atom stereocenters. The molecule has 0 aliphatic heterocycles. The van der Waals surface area contributed by atoms with E-state index in [-0.39, 0.29) is 5.56 Å². The smallest absolute Gasteiger partial charge is 0.252 e. The monoisotopic (exact) mass is 258 g/mol. The molecule has 0 saturated carbocycles. The van der Waals surface area contributed by atoms with Crippen molar-refractivity contribution in [1.82, 2.24) is 9.55 Å². The maximum Gasteiger partial charge on any atom is 0.252 e. The van der Waals surface area contributed by atoms with Gasteiger partial charge in [-0.25, -0.2) is 4.98 Å². The van der Waals surface area contributed by atoms with Gasteiger partial charge in [0.1, 0.15) is 5.65 Å². The molecule has 19 heavy (non-hydrogen) atoms. The van der Waals surface area contributed by atoms with Crippen molar-refractivity contribution in [1.29, 1.82) is 0 Å². The van der Waals surface area contributed by atoms with Gasteiger partial charge in [-0.05, 0) is 44.4 Å². The fourth-order valence-corrected chi connectivity index (χ4v) is 2.43. The number of fused-ring (bicyclic) bond motifs is 1. The third kappa shape index (κ3) is 2.55. The zero-order valence-electron chi connectivity index (χ0n) is 12.3. The van der Waals surface area contributed by atoms with Gasteiger partial charge in [0.15, 0.2) is 0 Å². The van der Waals surface area contributed by atoms with Crippen LogP contribution in [-0.4, -0.2) is 9.55 Å². The van der Waals surface area contributed by atoms with Crippen LogP contribution in [0, 0.1) is 20.8 Å². The summed E-state index contributed by atoms with van der Waals surface area (Å²) in [5.41, 5.74) is 4.35. The van der Waals surface area contributed by atoms with E-state index in [0.29, 0.717) is 0 Å². The van der Waals surface area contributed by atoms with E-state index in [1.165, 1.54) is 11.1 Å². The normalized spacial score (nSPS) is 11.2. The lowest BCUT2D eigenvalue weighted by Crippen LogP contribution is -2.21. The Bertz CT molecular complexity index is 656. The van der Waals surface area contributed by atoms with E-state index in [1.807, 2.05) is 17.6 Å². The van der Waals surface area contributed by atoms with Crippen LogP contribution in [0.2, 0.25) is 0 Å². The first kappa shape index (κ1) is 13.8. The first-order valence-corrected chi connectivity index (χ1v) is 7.03. The van der Waals surface area contributed by atoms with Crippen LogP contribution in [0.1, 0.15) is 43.0 Å². The first-order chi connectivity index (χ1) is 9.06. The van der Waals surface area contributed by atoms with Crippen molar-refractivity contribution in [2.24, 2.45) is 0 Å². The molecule has 0 aliphatic rings. The Hall–Kier alpha value is -1.64. The third-order valence-electron chi connectivity index (χ3n) is 3.92. The quantitative estimate of drug-likeness (QED) is 0.787. The van der Waals surface area contributed by atoms with Crippen LogP contribution in [0.15, 0.2) is 16.9 Å². The van der Waals surface area contributed by atoms with E-state index in [2.05, 4.69) is 25.8 Å². The molecule has 2 aromatic heterocycles. The molecule has 2 heterocycles. The molecule has 0 fully saturated rings. The second kappa shape index (κ2) is 5.55. The van der Waals surface area contributed by atoms with Gasteiger partial charge in [0.05, 0.1) is 0 Å². The van der Waals surface area contributed by atoms with Gasteiger partial charge in [0.25, 0.3) is 5.56 Å². The molecule has 0 atom stereocenters. The van der Waals surface area contributed by atoms with Gasteiger partial charge in [0.2, 0.25) is 0 Å². The molecule has 102 valence electrons. The van der Waals surface area contributed by atoms with Crippen LogP contribution < -0.4 is 5.56 Å². The van der Waals surface area contributed by atoms with E-state index in [0.717, 1.165) is 42.5 Å². The molecular formula is C16H22N2O. The van der Waals surface area contributed by atoms with Gasteiger partial charge in [-0.1, -0.05) is 19.8 Å². The largest absolute Gasteiger partial charge is 0.293 e. The molecule has 0 saturated heterocycles. The summed E-state index contributed by atoms with van der Waals surface area (Å²) in [6.45, 7) is 9.13. The van der Waals surface area contributed by atoms with Gasteiger partial charge in [-0.2, -0.15) is 0 Å². The Morgan fingerprint density at radius 1 is 1.11 bits per heavy atom. The molecular weight excluding hydrogens is 236 g/mol. The van der Waals surface area contributed by atoms with Crippen LogP contribution in [0.25, 0.3) is 11.0 Å². The minimum atomic E-state index is 0.0544. The first-order valence-electron chi connectivity index (χ1n) is 7.03. The molecule has 0 bridgehead atoms.